The van der Waals surface area contributed by atoms with Gasteiger partial charge in [-0.3, -0.25) is 4.79 Å². The van der Waals surface area contributed by atoms with E-state index in [-0.39, 0.29) is 11.9 Å². The minimum atomic E-state index is -0.347. The number of carbonyl (C=O) groups is 1. The SMILES string of the molecule is CCCC[C@H](N)C(=O)NCC1Cc2ccccc21. The van der Waals surface area contributed by atoms with Gasteiger partial charge in [-0.2, -0.15) is 0 Å². The van der Waals surface area contributed by atoms with Gasteiger partial charge in [0.05, 0.1) is 6.04 Å². The van der Waals surface area contributed by atoms with E-state index in [4.69, 9.17) is 5.73 Å². The number of fused-ring (bicyclic) bond motifs is 1. The van der Waals surface area contributed by atoms with Crippen LogP contribution in [0.5, 0.6) is 0 Å². The van der Waals surface area contributed by atoms with Crippen molar-refractivity contribution < 1.29 is 4.79 Å². The van der Waals surface area contributed by atoms with E-state index in [9.17, 15) is 4.79 Å². The highest BCUT2D eigenvalue weighted by Gasteiger charge is 2.26. The molecule has 1 unspecified atom stereocenters. The van der Waals surface area contributed by atoms with Gasteiger partial charge >= 0.3 is 0 Å². The van der Waals surface area contributed by atoms with E-state index in [2.05, 4.69) is 36.5 Å². The molecule has 0 heterocycles. The standard InChI is InChI=1S/C15H22N2O/c1-2-3-8-14(16)15(18)17-10-12-9-11-6-4-5-7-13(11)12/h4-7,12,14H,2-3,8-10,16H2,1H3,(H,17,18)/t12?,14-/m0/s1. The van der Waals surface area contributed by atoms with E-state index in [1.54, 1.807) is 0 Å². The Morgan fingerprint density at radius 3 is 3.00 bits per heavy atom. The summed E-state index contributed by atoms with van der Waals surface area (Å²) in [5, 5.41) is 2.97. The number of nitrogens with one attached hydrogen (secondary N) is 1. The highest BCUT2D eigenvalue weighted by Crippen LogP contribution is 2.33. The maximum absolute atomic E-state index is 11.8. The third-order valence-corrected chi connectivity index (χ3v) is 3.69. The number of carbonyl (C=O) groups excluding carboxylic acids is 1. The normalized spacial score (nSPS) is 18.7. The van der Waals surface area contributed by atoms with Crippen LogP contribution in [0.15, 0.2) is 24.3 Å². The molecule has 1 aromatic rings. The second-order valence-corrected chi connectivity index (χ2v) is 5.09. The van der Waals surface area contributed by atoms with Crippen LogP contribution in [-0.4, -0.2) is 18.5 Å². The molecule has 0 bridgehead atoms. The van der Waals surface area contributed by atoms with E-state index < -0.39 is 0 Å². The first kappa shape index (κ1) is 13.1. The summed E-state index contributed by atoms with van der Waals surface area (Å²) in [6, 6.07) is 8.07. The van der Waals surface area contributed by atoms with Crippen LogP contribution in [0.25, 0.3) is 0 Å². The van der Waals surface area contributed by atoms with Gasteiger partial charge in [0.15, 0.2) is 0 Å². The summed E-state index contributed by atoms with van der Waals surface area (Å²) in [5.41, 5.74) is 8.62. The Labute approximate surface area is 109 Å². The molecule has 1 aromatic carbocycles. The molecule has 0 fully saturated rings. The minimum absolute atomic E-state index is 0.00664. The van der Waals surface area contributed by atoms with Gasteiger partial charge in [-0.25, -0.2) is 0 Å². The smallest absolute Gasteiger partial charge is 0.236 e. The average molecular weight is 246 g/mol. The predicted octanol–water partition coefficient (Wildman–Crippen LogP) is 1.96. The Kier molecular flexibility index (Phi) is 4.37. The number of unbranched alkanes of at least 4 members (excludes halogenated alkanes) is 1. The molecule has 1 amide bonds. The average Bonchev–Trinajstić information content (AvgIpc) is 2.36. The molecule has 0 saturated heterocycles. The van der Waals surface area contributed by atoms with E-state index in [0.717, 1.165) is 32.2 Å². The zero-order valence-corrected chi connectivity index (χ0v) is 11.0. The third-order valence-electron chi connectivity index (χ3n) is 3.69. The number of hydrogen-bond donors (Lipinski definition) is 2. The van der Waals surface area contributed by atoms with Crippen molar-refractivity contribution in [2.24, 2.45) is 5.73 Å². The summed E-state index contributed by atoms with van der Waals surface area (Å²) >= 11 is 0. The quantitative estimate of drug-likeness (QED) is 0.806. The van der Waals surface area contributed by atoms with Crippen LogP contribution >= 0.6 is 0 Å². The largest absolute Gasteiger partial charge is 0.354 e. The van der Waals surface area contributed by atoms with Crippen LogP contribution in [0.3, 0.4) is 0 Å². The van der Waals surface area contributed by atoms with Crippen molar-refractivity contribution in [1.82, 2.24) is 5.32 Å². The van der Waals surface area contributed by atoms with Crippen LogP contribution in [0, 0.1) is 0 Å². The lowest BCUT2D eigenvalue weighted by Crippen LogP contribution is -2.43. The van der Waals surface area contributed by atoms with Gasteiger partial charge in [-0.05, 0) is 24.0 Å². The minimum Gasteiger partial charge on any atom is -0.354 e. The van der Waals surface area contributed by atoms with Gasteiger partial charge in [0, 0.05) is 12.5 Å². The van der Waals surface area contributed by atoms with Gasteiger partial charge in [0.25, 0.3) is 0 Å². The lowest BCUT2D eigenvalue weighted by atomic mass is 9.77. The predicted molar refractivity (Wildman–Crippen MR) is 73.4 cm³/mol. The van der Waals surface area contributed by atoms with Crippen LogP contribution < -0.4 is 11.1 Å². The molecule has 3 heteroatoms. The lowest BCUT2D eigenvalue weighted by Gasteiger charge is -2.30. The van der Waals surface area contributed by atoms with Gasteiger partial charge in [-0.1, -0.05) is 44.0 Å². The Morgan fingerprint density at radius 1 is 1.50 bits per heavy atom. The first-order valence-corrected chi connectivity index (χ1v) is 6.83. The number of benzene rings is 1. The molecular weight excluding hydrogens is 224 g/mol. The first-order chi connectivity index (χ1) is 8.72. The van der Waals surface area contributed by atoms with Gasteiger partial charge in [0.2, 0.25) is 5.91 Å². The van der Waals surface area contributed by atoms with Crippen molar-refractivity contribution >= 4 is 5.91 Å². The molecule has 18 heavy (non-hydrogen) atoms. The van der Waals surface area contributed by atoms with Crippen LogP contribution in [-0.2, 0) is 11.2 Å². The summed E-state index contributed by atoms with van der Waals surface area (Å²) < 4.78 is 0. The van der Waals surface area contributed by atoms with Gasteiger partial charge < -0.3 is 11.1 Å². The zero-order chi connectivity index (χ0) is 13.0. The molecule has 2 atom stereocenters. The van der Waals surface area contributed by atoms with Crippen LogP contribution in [0.4, 0.5) is 0 Å². The van der Waals surface area contributed by atoms with Crippen molar-refractivity contribution in [3.8, 4) is 0 Å². The molecule has 2 rings (SSSR count). The number of amides is 1. The number of hydrogen-bond acceptors (Lipinski definition) is 2. The van der Waals surface area contributed by atoms with Crippen molar-refractivity contribution in [3.63, 3.8) is 0 Å². The zero-order valence-electron chi connectivity index (χ0n) is 11.0. The summed E-state index contributed by atoms with van der Waals surface area (Å²) in [4.78, 5) is 11.8. The van der Waals surface area contributed by atoms with Crippen molar-refractivity contribution in [3.05, 3.63) is 35.4 Å². The Bertz CT molecular complexity index is 417. The maximum Gasteiger partial charge on any atom is 0.236 e. The van der Waals surface area contributed by atoms with Crippen molar-refractivity contribution in [2.75, 3.05) is 6.54 Å². The monoisotopic (exact) mass is 246 g/mol. The molecule has 1 aliphatic rings. The van der Waals surface area contributed by atoms with Crippen molar-refractivity contribution in [2.45, 2.75) is 44.6 Å². The summed E-state index contributed by atoms with van der Waals surface area (Å²) in [7, 11) is 0. The molecule has 3 N–H and O–H groups in total. The Balaban J connectivity index is 1.75. The highest BCUT2D eigenvalue weighted by molar-refractivity contribution is 5.81. The number of rotatable bonds is 6. The van der Waals surface area contributed by atoms with Gasteiger partial charge in [-0.15, -0.1) is 0 Å². The summed E-state index contributed by atoms with van der Waals surface area (Å²) in [6.07, 6.45) is 3.95. The lowest BCUT2D eigenvalue weighted by molar-refractivity contribution is -0.122. The molecule has 3 nitrogen and oxygen atoms in total. The summed E-state index contributed by atoms with van der Waals surface area (Å²) in [5.74, 6) is 0.469. The molecule has 0 radical (unpaired) electrons. The molecule has 0 aliphatic heterocycles. The topological polar surface area (TPSA) is 55.1 Å². The fourth-order valence-corrected chi connectivity index (χ4v) is 2.45. The first-order valence-electron chi connectivity index (χ1n) is 6.83. The van der Waals surface area contributed by atoms with Crippen molar-refractivity contribution in [1.29, 1.82) is 0 Å². The van der Waals surface area contributed by atoms with E-state index in [1.807, 2.05) is 0 Å². The second-order valence-electron chi connectivity index (χ2n) is 5.09. The molecule has 0 spiro atoms. The molecule has 0 saturated carbocycles. The van der Waals surface area contributed by atoms with E-state index in [1.165, 1.54) is 11.1 Å². The molecule has 1 aliphatic carbocycles. The van der Waals surface area contributed by atoms with Gasteiger partial charge in [0.1, 0.15) is 0 Å². The molecular formula is C15H22N2O. The Hall–Kier alpha value is -1.35. The highest BCUT2D eigenvalue weighted by atomic mass is 16.2. The fourth-order valence-electron chi connectivity index (χ4n) is 2.45. The van der Waals surface area contributed by atoms with Crippen LogP contribution in [0.1, 0.15) is 43.2 Å². The van der Waals surface area contributed by atoms with E-state index >= 15 is 0 Å². The fraction of sp³-hybridized carbons (Fsp3) is 0.533. The maximum atomic E-state index is 11.8. The molecule has 98 valence electrons. The van der Waals surface area contributed by atoms with E-state index in [0.29, 0.717) is 5.92 Å². The van der Waals surface area contributed by atoms with Crippen LogP contribution in [0.2, 0.25) is 0 Å². The molecule has 0 aromatic heterocycles. The second kappa shape index (κ2) is 6.01. The summed E-state index contributed by atoms with van der Waals surface area (Å²) in [6.45, 7) is 2.82. The number of nitrogens with two attached hydrogens (primary N) is 1. The Morgan fingerprint density at radius 2 is 2.28 bits per heavy atom. The third kappa shape index (κ3) is 2.91.